The minimum atomic E-state index is -3.82. The van der Waals surface area contributed by atoms with Gasteiger partial charge in [0.2, 0.25) is 21.8 Å². The van der Waals surface area contributed by atoms with Crippen LogP contribution in [0.25, 0.3) is 0 Å². The summed E-state index contributed by atoms with van der Waals surface area (Å²) in [5, 5.41) is -0.0547. The topological polar surface area (TPSA) is 130 Å². The van der Waals surface area contributed by atoms with Crippen molar-refractivity contribution in [3.63, 3.8) is 0 Å². The first-order valence-electron chi connectivity index (χ1n) is 9.83. The lowest BCUT2D eigenvalue weighted by molar-refractivity contribution is -0.147. The van der Waals surface area contributed by atoms with Crippen LogP contribution in [0.1, 0.15) is 31.5 Å². The van der Waals surface area contributed by atoms with E-state index < -0.39 is 20.0 Å². The van der Waals surface area contributed by atoms with Crippen LogP contribution in [0.4, 0.5) is 0 Å². The number of carbonyl (C=O) groups excluding carboxylic acids is 2. The highest BCUT2D eigenvalue weighted by Crippen LogP contribution is 2.19. The Balaban J connectivity index is 1.65. The largest absolute Gasteiger partial charge is 0.337 e. The van der Waals surface area contributed by atoms with Crippen LogP contribution >= 0.6 is 0 Å². The zero-order valence-corrected chi connectivity index (χ0v) is 18.8. The van der Waals surface area contributed by atoms with Gasteiger partial charge in [-0.3, -0.25) is 14.5 Å². The molecule has 0 unspecified atom stereocenters. The van der Waals surface area contributed by atoms with E-state index in [1.807, 2.05) is 0 Å². The van der Waals surface area contributed by atoms with E-state index in [0.717, 1.165) is 4.90 Å². The van der Waals surface area contributed by atoms with Crippen molar-refractivity contribution in [2.75, 3.05) is 38.5 Å². The van der Waals surface area contributed by atoms with Crippen molar-refractivity contribution in [2.45, 2.75) is 37.6 Å². The monoisotopic (exact) mass is 461 g/mol. The second-order valence-corrected chi connectivity index (χ2v) is 11.5. The van der Waals surface area contributed by atoms with Gasteiger partial charge in [-0.1, -0.05) is 0 Å². The molecule has 3 heterocycles. The third-order valence-electron chi connectivity index (χ3n) is 5.45. The van der Waals surface area contributed by atoms with Gasteiger partial charge in [0.1, 0.15) is 5.82 Å². The molecule has 0 aromatic carbocycles. The number of imide groups is 1. The van der Waals surface area contributed by atoms with Crippen LogP contribution in [0.3, 0.4) is 0 Å². The maximum absolute atomic E-state index is 12.9. The molecule has 2 aliphatic rings. The van der Waals surface area contributed by atoms with Crippen LogP contribution in [0.2, 0.25) is 0 Å². The van der Waals surface area contributed by atoms with Crippen LogP contribution in [0, 0.1) is 6.92 Å². The fraction of sp³-hybridized carbons (Fsp3) is 0.706. The molecular formula is C17H27N5O6S2. The van der Waals surface area contributed by atoms with Crippen LogP contribution in [0.5, 0.6) is 0 Å². The molecule has 1 aromatic rings. The second kappa shape index (κ2) is 8.73. The van der Waals surface area contributed by atoms with Crippen LogP contribution in [0.15, 0.2) is 11.2 Å². The molecule has 30 heavy (non-hydrogen) atoms. The number of likely N-dealkylation sites (tertiary alicyclic amines) is 1. The number of aryl methyl sites for hydroxylation is 2. The molecule has 168 valence electrons. The zero-order chi connectivity index (χ0) is 22.1. The third-order valence-corrected chi connectivity index (χ3v) is 9.07. The molecular weight excluding hydrogens is 434 g/mol. The minimum absolute atomic E-state index is 0.00920. The first-order valence-corrected chi connectivity index (χ1v) is 12.9. The molecule has 0 atom stereocenters. The van der Waals surface area contributed by atoms with E-state index in [-0.39, 0.29) is 68.2 Å². The molecule has 0 spiro atoms. The van der Waals surface area contributed by atoms with Gasteiger partial charge in [0.15, 0.2) is 5.03 Å². The van der Waals surface area contributed by atoms with E-state index in [1.54, 1.807) is 18.5 Å². The van der Waals surface area contributed by atoms with Crippen molar-refractivity contribution in [1.29, 1.82) is 0 Å². The molecule has 2 aliphatic heterocycles. The number of hydrogen-bond donors (Lipinski definition) is 0. The summed E-state index contributed by atoms with van der Waals surface area (Å²) in [6, 6.07) is 0. The Labute approximate surface area is 176 Å². The van der Waals surface area contributed by atoms with Gasteiger partial charge >= 0.3 is 0 Å². The SMILES string of the molecule is Cc1nc(S(=O)(=O)N2CCCN(S(=O)(=O)CCN3C(=O)CCCC3=O)CC2)cn1C. The van der Waals surface area contributed by atoms with E-state index in [9.17, 15) is 26.4 Å². The number of carbonyl (C=O) groups is 2. The summed E-state index contributed by atoms with van der Waals surface area (Å²) in [4.78, 5) is 28.9. The molecule has 11 nitrogen and oxygen atoms in total. The lowest BCUT2D eigenvalue weighted by Crippen LogP contribution is -2.45. The predicted molar refractivity (Wildman–Crippen MR) is 107 cm³/mol. The lowest BCUT2D eigenvalue weighted by Gasteiger charge is -2.26. The molecule has 0 saturated carbocycles. The van der Waals surface area contributed by atoms with E-state index in [1.165, 1.54) is 14.8 Å². The third kappa shape index (κ3) is 4.74. The molecule has 0 N–H and O–H groups in total. The number of rotatable bonds is 6. The van der Waals surface area contributed by atoms with Crippen LogP contribution in [-0.4, -0.2) is 90.2 Å². The lowest BCUT2D eigenvalue weighted by atomic mass is 10.1. The number of amides is 2. The van der Waals surface area contributed by atoms with Crippen molar-refractivity contribution in [2.24, 2.45) is 7.05 Å². The summed E-state index contributed by atoms with van der Waals surface area (Å²) in [6.07, 6.45) is 2.76. The van der Waals surface area contributed by atoms with Gasteiger partial charge in [-0.15, -0.1) is 0 Å². The Kier molecular flexibility index (Phi) is 6.65. The minimum Gasteiger partial charge on any atom is -0.337 e. The Bertz CT molecular complexity index is 998. The predicted octanol–water partition coefficient (Wildman–Crippen LogP) is -0.706. The quantitative estimate of drug-likeness (QED) is 0.512. The molecule has 1 aromatic heterocycles. The molecule has 2 saturated heterocycles. The van der Waals surface area contributed by atoms with E-state index in [4.69, 9.17) is 0 Å². The van der Waals surface area contributed by atoms with Gasteiger partial charge in [-0.2, -0.15) is 4.31 Å². The number of piperidine rings is 1. The number of nitrogens with zero attached hydrogens (tertiary/aromatic N) is 5. The van der Waals surface area contributed by atoms with Crippen molar-refractivity contribution in [3.8, 4) is 0 Å². The van der Waals surface area contributed by atoms with Crippen molar-refractivity contribution in [1.82, 2.24) is 23.1 Å². The molecule has 0 bridgehead atoms. The summed E-state index contributed by atoms with van der Waals surface area (Å²) in [7, 11) is -5.86. The van der Waals surface area contributed by atoms with Gasteiger partial charge < -0.3 is 4.57 Å². The molecule has 2 fully saturated rings. The van der Waals surface area contributed by atoms with Gasteiger partial charge in [0, 0.05) is 58.8 Å². The van der Waals surface area contributed by atoms with Crippen LogP contribution < -0.4 is 0 Å². The molecule has 13 heteroatoms. The van der Waals surface area contributed by atoms with Crippen molar-refractivity contribution >= 4 is 31.9 Å². The number of sulfonamides is 2. The van der Waals surface area contributed by atoms with Crippen molar-refractivity contribution in [3.05, 3.63) is 12.0 Å². The normalized spacial score (nSPS) is 20.5. The second-order valence-electron chi connectivity index (χ2n) is 7.50. The highest BCUT2D eigenvalue weighted by Gasteiger charge is 2.33. The average molecular weight is 462 g/mol. The van der Waals surface area contributed by atoms with E-state index in [2.05, 4.69) is 4.98 Å². The highest BCUT2D eigenvalue weighted by atomic mass is 32.2. The van der Waals surface area contributed by atoms with Crippen LogP contribution in [-0.2, 0) is 36.7 Å². The average Bonchev–Trinajstić information content (AvgIpc) is 2.87. The molecule has 0 aliphatic carbocycles. The van der Waals surface area contributed by atoms with Gasteiger partial charge in [0.05, 0.1) is 5.75 Å². The van der Waals surface area contributed by atoms with Gasteiger partial charge in [-0.05, 0) is 19.8 Å². The Hall–Kier alpha value is -1.83. The zero-order valence-electron chi connectivity index (χ0n) is 17.2. The fourth-order valence-corrected chi connectivity index (χ4v) is 6.49. The number of hydrogen-bond acceptors (Lipinski definition) is 7. The maximum Gasteiger partial charge on any atom is 0.262 e. The highest BCUT2D eigenvalue weighted by molar-refractivity contribution is 7.89. The first-order chi connectivity index (χ1) is 14.0. The Morgan fingerprint density at radius 1 is 0.933 bits per heavy atom. The maximum atomic E-state index is 12.9. The summed E-state index contributed by atoms with van der Waals surface area (Å²) >= 11 is 0. The summed E-state index contributed by atoms with van der Waals surface area (Å²) < 4.78 is 55.4. The molecule has 3 rings (SSSR count). The number of imidazole rings is 1. The van der Waals surface area contributed by atoms with E-state index in [0.29, 0.717) is 18.7 Å². The summed E-state index contributed by atoms with van der Waals surface area (Å²) in [5.41, 5.74) is 0. The molecule has 2 amide bonds. The van der Waals surface area contributed by atoms with Gasteiger partial charge in [0.25, 0.3) is 10.0 Å². The number of aromatic nitrogens is 2. The van der Waals surface area contributed by atoms with Gasteiger partial charge in [-0.25, -0.2) is 26.1 Å². The summed E-state index contributed by atoms with van der Waals surface area (Å²) in [6.45, 7) is 1.91. The molecule has 0 radical (unpaired) electrons. The standard InChI is InChI=1S/C17H27N5O6S2/c1-14-18-15(13-19(14)2)30(27,28)21-8-4-7-20(9-10-21)29(25,26)12-11-22-16(23)5-3-6-17(22)24/h13H,3-12H2,1-2H3. The smallest absolute Gasteiger partial charge is 0.262 e. The first kappa shape index (κ1) is 22.8. The van der Waals surface area contributed by atoms with Crippen molar-refractivity contribution < 1.29 is 26.4 Å². The Morgan fingerprint density at radius 3 is 2.13 bits per heavy atom. The summed E-state index contributed by atoms with van der Waals surface area (Å²) in [5.74, 6) is -0.494. The van der Waals surface area contributed by atoms with E-state index >= 15 is 0 Å². The fourth-order valence-electron chi connectivity index (χ4n) is 3.56. The Morgan fingerprint density at radius 2 is 1.53 bits per heavy atom.